The number of benzene rings is 2. The summed E-state index contributed by atoms with van der Waals surface area (Å²) in [5, 5.41) is 11.4. The van der Waals surface area contributed by atoms with Gasteiger partial charge in [-0.3, -0.25) is 10.1 Å². The monoisotopic (exact) mass is 356 g/mol. The van der Waals surface area contributed by atoms with E-state index < -0.39 is 4.92 Å². The van der Waals surface area contributed by atoms with Gasteiger partial charge in [-0.05, 0) is 12.1 Å². The Labute approximate surface area is 148 Å². The molecule has 0 aliphatic carbocycles. The Morgan fingerprint density at radius 3 is 2.19 bits per heavy atom. The first-order chi connectivity index (χ1) is 12.5. The zero-order valence-corrected chi connectivity index (χ0v) is 14.3. The van der Waals surface area contributed by atoms with Gasteiger partial charge in [-0.25, -0.2) is 9.97 Å². The molecule has 1 heterocycles. The topological polar surface area (TPSA) is 123 Å². The third kappa shape index (κ3) is 2.79. The van der Waals surface area contributed by atoms with Gasteiger partial charge in [-0.2, -0.15) is 0 Å². The molecule has 0 spiro atoms. The van der Waals surface area contributed by atoms with Crippen molar-refractivity contribution < 1.29 is 19.1 Å². The summed E-state index contributed by atoms with van der Waals surface area (Å²) in [6.07, 6.45) is 0. The number of nitrogens with two attached hydrogens (primary N) is 1. The van der Waals surface area contributed by atoms with E-state index in [9.17, 15) is 10.1 Å². The smallest absolute Gasteiger partial charge is 0.269 e. The van der Waals surface area contributed by atoms with Gasteiger partial charge in [0.1, 0.15) is 0 Å². The Morgan fingerprint density at radius 1 is 1.00 bits per heavy atom. The van der Waals surface area contributed by atoms with Gasteiger partial charge in [-0.1, -0.05) is 0 Å². The molecule has 9 nitrogen and oxygen atoms in total. The first-order valence-electron chi connectivity index (χ1n) is 7.51. The van der Waals surface area contributed by atoms with E-state index in [2.05, 4.69) is 9.97 Å². The van der Waals surface area contributed by atoms with Crippen molar-refractivity contribution in [2.45, 2.75) is 0 Å². The molecule has 0 aliphatic heterocycles. The molecule has 134 valence electrons. The minimum absolute atomic E-state index is 0.0219. The van der Waals surface area contributed by atoms with E-state index in [0.29, 0.717) is 39.4 Å². The van der Waals surface area contributed by atoms with E-state index in [1.54, 1.807) is 18.2 Å². The molecular formula is C17H16N4O5. The molecule has 1 aromatic heterocycles. The van der Waals surface area contributed by atoms with Gasteiger partial charge in [0.25, 0.3) is 5.69 Å². The summed E-state index contributed by atoms with van der Waals surface area (Å²) < 4.78 is 16.3. The lowest BCUT2D eigenvalue weighted by molar-refractivity contribution is -0.384. The number of hydrogen-bond acceptors (Lipinski definition) is 8. The first-order valence-corrected chi connectivity index (χ1v) is 7.51. The second-order valence-electron chi connectivity index (χ2n) is 5.27. The summed E-state index contributed by atoms with van der Waals surface area (Å²) in [6, 6.07) is 7.65. The maximum Gasteiger partial charge on any atom is 0.269 e. The van der Waals surface area contributed by atoms with Crippen LogP contribution in [0.25, 0.3) is 22.2 Å². The fourth-order valence-electron chi connectivity index (χ4n) is 2.73. The number of rotatable bonds is 5. The average molecular weight is 356 g/mol. The minimum atomic E-state index is -0.468. The molecule has 0 radical (unpaired) electrons. The number of aromatic nitrogens is 2. The summed E-state index contributed by atoms with van der Waals surface area (Å²) >= 11 is 0. The molecule has 0 atom stereocenters. The van der Waals surface area contributed by atoms with Crippen LogP contribution in [0, 0.1) is 10.1 Å². The Hall–Kier alpha value is -3.62. The molecule has 9 heteroatoms. The lowest BCUT2D eigenvalue weighted by Crippen LogP contribution is -2.02. The predicted octanol–water partition coefficient (Wildman–Crippen LogP) is 2.81. The summed E-state index contributed by atoms with van der Waals surface area (Å²) in [5.41, 5.74) is 7.43. The highest BCUT2D eigenvalue weighted by atomic mass is 16.6. The van der Waals surface area contributed by atoms with Crippen LogP contribution in [-0.4, -0.2) is 36.2 Å². The number of fused-ring (bicyclic) bond motifs is 1. The normalized spacial score (nSPS) is 10.6. The molecule has 0 unspecified atom stereocenters. The third-order valence-corrected chi connectivity index (χ3v) is 3.86. The Kier molecular flexibility index (Phi) is 4.44. The number of anilines is 1. The van der Waals surface area contributed by atoms with Crippen LogP contribution >= 0.6 is 0 Å². The van der Waals surface area contributed by atoms with E-state index in [4.69, 9.17) is 19.9 Å². The number of non-ortho nitro benzene ring substituents is 1. The van der Waals surface area contributed by atoms with Gasteiger partial charge in [0.2, 0.25) is 11.7 Å². The van der Waals surface area contributed by atoms with E-state index in [1.165, 1.54) is 33.5 Å². The van der Waals surface area contributed by atoms with Crippen LogP contribution in [0.5, 0.6) is 17.2 Å². The zero-order chi connectivity index (χ0) is 18.8. The molecule has 0 fully saturated rings. The SMILES string of the molecule is COc1cc2nc(N)nc(-c3ccc([N+](=O)[O-])cc3)c2c(OC)c1OC. The van der Waals surface area contributed by atoms with Crippen LogP contribution in [-0.2, 0) is 0 Å². The van der Waals surface area contributed by atoms with Gasteiger partial charge < -0.3 is 19.9 Å². The zero-order valence-electron chi connectivity index (χ0n) is 14.3. The number of nitrogens with zero attached hydrogens (tertiary/aromatic N) is 3. The molecular weight excluding hydrogens is 340 g/mol. The lowest BCUT2D eigenvalue weighted by Gasteiger charge is -2.16. The number of methoxy groups -OCH3 is 3. The minimum Gasteiger partial charge on any atom is -0.493 e. The maximum atomic E-state index is 10.9. The fourth-order valence-corrected chi connectivity index (χ4v) is 2.73. The van der Waals surface area contributed by atoms with Crippen molar-refractivity contribution >= 4 is 22.5 Å². The van der Waals surface area contributed by atoms with Gasteiger partial charge in [-0.15, -0.1) is 0 Å². The number of hydrogen-bond donors (Lipinski definition) is 1. The van der Waals surface area contributed by atoms with Gasteiger partial charge in [0.05, 0.1) is 42.8 Å². The van der Waals surface area contributed by atoms with Crippen LogP contribution in [0.4, 0.5) is 11.6 Å². The van der Waals surface area contributed by atoms with Crippen LogP contribution in [0.3, 0.4) is 0 Å². The number of ether oxygens (including phenoxy) is 3. The molecule has 0 aliphatic rings. The van der Waals surface area contributed by atoms with Crippen molar-refractivity contribution in [3.05, 3.63) is 40.4 Å². The van der Waals surface area contributed by atoms with Crippen LogP contribution in [0.1, 0.15) is 0 Å². The lowest BCUT2D eigenvalue weighted by atomic mass is 10.0. The van der Waals surface area contributed by atoms with Crippen LogP contribution < -0.4 is 19.9 Å². The van der Waals surface area contributed by atoms with Gasteiger partial charge in [0, 0.05) is 23.8 Å². The molecule has 0 amide bonds. The average Bonchev–Trinajstić information content (AvgIpc) is 2.65. The second kappa shape index (κ2) is 6.71. The fraction of sp³-hybridized carbons (Fsp3) is 0.176. The predicted molar refractivity (Wildman–Crippen MR) is 95.7 cm³/mol. The van der Waals surface area contributed by atoms with E-state index in [0.717, 1.165) is 0 Å². The molecule has 0 saturated heterocycles. The molecule has 3 aromatic rings. The first kappa shape index (κ1) is 17.2. The quantitative estimate of drug-likeness (QED) is 0.547. The van der Waals surface area contributed by atoms with Crippen molar-refractivity contribution in [3.8, 4) is 28.5 Å². The number of nitro groups is 1. The summed E-state index contributed by atoms with van der Waals surface area (Å²) in [7, 11) is 4.49. The maximum absolute atomic E-state index is 10.9. The van der Waals surface area contributed by atoms with Crippen LogP contribution in [0.15, 0.2) is 30.3 Å². The number of nitro benzene ring substituents is 1. The molecule has 0 saturated carbocycles. The van der Waals surface area contributed by atoms with Crippen molar-refractivity contribution in [1.29, 1.82) is 0 Å². The van der Waals surface area contributed by atoms with Crippen molar-refractivity contribution in [1.82, 2.24) is 9.97 Å². The Morgan fingerprint density at radius 2 is 1.65 bits per heavy atom. The van der Waals surface area contributed by atoms with Crippen molar-refractivity contribution in [2.75, 3.05) is 27.1 Å². The largest absolute Gasteiger partial charge is 0.493 e. The van der Waals surface area contributed by atoms with Crippen molar-refractivity contribution in [3.63, 3.8) is 0 Å². The molecule has 2 aromatic carbocycles. The van der Waals surface area contributed by atoms with E-state index >= 15 is 0 Å². The highest BCUT2D eigenvalue weighted by Crippen LogP contribution is 2.46. The second-order valence-corrected chi connectivity index (χ2v) is 5.27. The molecule has 0 bridgehead atoms. The van der Waals surface area contributed by atoms with E-state index in [1.807, 2.05) is 0 Å². The molecule has 26 heavy (non-hydrogen) atoms. The highest BCUT2D eigenvalue weighted by Gasteiger charge is 2.22. The summed E-state index contributed by atoms with van der Waals surface area (Å²) in [5.74, 6) is 1.26. The Balaban J connectivity index is 2.36. The van der Waals surface area contributed by atoms with Crippen molar-refractivity contribution in [2.24, 2.45) is 0 Å². The number of nitrogen functional groups attached to an aromatic ring is 1. The molecule has 3 rings (SSSR count). The van der Waals surface area contributed by atoms with Crippen LogP contribution in [0.2, 0.25) is 0 Å². The standard InChI is InChI=1S/C17H16N4O5/c1-24-12-8-11-13(16(26-3)15(12)25-2)14(20-17(18)19-11)9-4-6-10(7-5-9)21(22)23/h4-8H,1-3H3,(H2,18,19,20). The third-order valence-electron chi connectivity index (χ3n) is 3.86. The Bertz CT molecular complexity index is 989. The van der Waals surface area contributed by atoms with E-state index in [-0.39, 0.29) is 11.6 Å². The summed E-state index contributed by atoms with van der Waals surface area (Å²) in [4.78, 5) is 19.0. The van der Waals surface area contributed by atoms with Gasteiger partial charge in [0.15, 0.2) is 11.5 Å². The highest BCUT2D eigenvalue weighted by molar-refractivity contribution is 6.00. The molecule has 2 N–H and O–H groups in total. The summed E-state index contributed by atoms with van der Waals surface area (Å²) in [6.45, 7) is 0. The van der Waals surface area contributed by atoms with Gasteiger partial charge >= 0.3 is 0 Å².